The van der Waals surface area contributed by atoms with Crippen LogP contribution in [0.3, 0.4) is 0 Å². The SMILES string of the molecule is CC[C@@H](C(=O)N[C@@H](CC(N)=O)C(=O)N[C@@H](C)C(=O)N[C@H](C(=O)NCC(=O)NCCCO)C(C)C)N(CC)C(=O)[C@@H](N)CC(=O)O. The maximum absolute atomic E-state index is 13.2. The summed E-state index contributed by atoms with van der Waals surface area (Å²) in [7, 11) is 0. The number of nitrogens with zero attached hydrogens (tertiary/aromatic N) is 1. The number of hydrogen-bond donors (Lipinski definition) is 9. The van der Waals surface area contributed by atoms with Crippen LogP contribution in [0.4, 0.5) is 0 Å². The highest BCUT2D eigenvalue weighted by atomic mass is 16.4. The fourth-order valence-corrected chi connectivity index (χ4v) is 4.08. The smallest absolute Gasteiger partial charge is 0.305 e. The van der Waals surface area contributed by atoms with E-state index in [-0.39, 0.29) is 32.7 Å². The molecule has 0 fully saturated rings. The van der Waals surface area contributed by atoms with Crippen LogP contribution in [0.5, 0.6) is 0 Å². The lowest BCUT2D eigenvalue weighted by Crippen LogP contribution is -2.60. The molecule has 7 amide bonds. The third-order valence-corrected chi connectivity index (χ3v) is 6.52. The molecule has 0 saturated carbocycles. The first-order valence-corrected chi connectivity index (χ1v) is 14.6. The van der Waals surface area contributed by atoms with Crippen LogP contribution in [-0.4, -0.2) is 119 Å². The molecule has 0 radical (unpaired) electrons. The zero-order valence-electron chi connectivity index (χ0n) is 26.4. The fourth-order valence-electron chi connectivity index (χ4n) is 4.08. The van der Waals surface area contributed by atoms with Crippen LogP contribution in [0.1, 0.15) is 60.3 Å². The van der Waals surface area contributed by atoms with Gasteiger partial charge in [-0.3, -0.25) is 38.4 Å². The van der Waals surface area contributed by atoms with E-state index in [1.807, 2.05) is 0 Å². The van der Waals surface area contributed by atoms with E-state index >= 15 is 0 Å². The minimum absolute atomic E-state index is 0.0129. The van der Waals surface area contributed by atoms with E-state index in [4.69, 9.17) is 21.7 Å². The molecule has 0 saturated heterocycles. The van der Waals surface area contributed by atoms with Gasteiger partial charge in [0.05, 0.1) is 25.4 Å². The monoisotopic (exact) mass is 644 g/mol. The van der Waals surface area contributed by atoms with Gasteiger partial charge in [-0.15, -0.1) is 0 Å². The van der Waals surface area contributed by atoms with Gasteiger partial charge in [-0.05, 0) is 32.6 Å². The van der Waals surface area contributed by atoms with E-state index < -0.39 is 96.3 Å². The van der Waals surface area contributed by atoms with E-state index in [0.717, 1.165) is 4.90 Å². The van der Waals surface area contributed by atoms with Crippen molar-refractivity contribution in [2.45, 2.75) is 90.5 Å². The van der Waals surface area contributed by atoms with E-state index in [1.165, 1.54) is 6.92 Å². The van der Waals surface area contributed by atoms with Gasteiger partial charge in [0, 0.05) is 19.7 Å². The maximum Gasteiger partial charge on any atom is 0.305 e. The molecular formula is C27H48N8O10. The lowest BCUT2D eigenvalue weighted by molar-refractivity contribution is -0.145. The molecule has 0 unspecified atom stereocenters. The summed E-state index contributed by atoms with van der Waals surface area (Å²) in [4.78, 5) is 100. The van der Waals surface area contributed by atoms with Crippen molar-refractivity contribution in [2.75, 3.05) is 26.2 Å². The van der Waals surface area contributed by atoms with Crippen molar-refractivity contribution in [3.63, 3.8) is 0 Å². The Morgan fingerprint density at radius 2 is 1.44 bits per heavy atom. The highest BCUT2D eigenvalue weighted by Crippen LogP contribution is 2.10. The number of nitrogens with two attached hydrogens (primary N) is 2. The molecule has 0 aliphatic carbocycles. The van der Waals surface area contributed by atoms with E-state index in [2.05, 4.69) is 26.6 Å². The first-order valence-electron chi connectivity index (χ1n) is 14.6. The first kappa shape index (κ1) is 40.7. The molecule has 0 aliphatic rings. The van der Waals surface area contributed by atoms with Crippen LogP contribution < -0.4 is 38.1 Å². The first-order chi connectivity index (χ1) is 21.0. The van der Waals surface area contributed by atoms with E-state index in [1.54, 1.807) is 27.7 Å². The van der Waals surface area contributed by atoms with Gasteiger partial charge >= 0.3 is 5.97 Å². The second-order valence-electron chi connectivity index (χ2n) is 10.6. The molecular weight excluding hydrogens is 596 g/mol. The Morgan fingerprint density at radius 3 is 1.93 bits per heavy atom. The van der Waals surface area contributed by atoms with Crippen molar-refractivity contribution in [3.05, 3.63) is 0 Å². The van der Waals surface area contributed by atoms with Gasteiger partial charge in [0.15, 0.2) is 0 Å². The van der Waals surface area contributed by atoms with Crippen molar-refractivity contribution >= 4 is 47.3 Å². The number of carboxylic acids is 1. The van der Waals surface area contributed by atoms with Gasteiger partial charge in [0.25, 0.3) is 0 Å². The lowest BCUT2D eigenvalue weighted by Gasteiger charge is -2.32. The largest absolute Gasteiger partial charge is 0.481 e. The molecule has 0 aliphatic heterocycles. The van der Waals surface area contributed by atoms with Crippen molar-refractivity contribution < 1.29 is 48.6 Å². The molecule has 0 aromatic rings. The summed E-state index contributed by atoms with van der Waals surface area (Å²) in [5.41, 5.74) is 11.0. The van der Waals surface area contributed by atoms with Crippen molar-refractivity contribution in [1.82, 2.24) is 31.5 Å². The summed E-state index contributed by atoms with van der Waals surface area (Å²) >= 11 is 0. The summed E-state index contributed by atoms with van der Waals surface area (Å²) < 4.78 is 0. The number of aliphatic hydroxyl groups excluding tert-OH is 1. The highest BCUT2D eigenvalue weighted by Gasteiger charge is 2.35. The normalized spacial score (nSPS) is 14.1. The number of carbonyl (C=O) groups excluding carboxylic acids is 7. The van der Waals surface area contributed by atoms with Gasteiger partial charge in [0.2, 0.25) is 41.4 Å². The Kier molecular flexibility index (Phi) is 18.6. The quantitative estimate of drug-likeness (QED) is 0.0543. The molecule has 45 heavy (non-hydrogen) atoms. The number of aliphatic hydroxyl groups is 1. The average molecular weight is 645 g/mol. The Morgan fingerprint density at radius 1 is 0.822 bits per heavy atom. The van der Waals surface area contributed by atoms with Crippen molar-refractivity contribution in [2.24, 2.45) is 17.4 Å². The maximum atomic E-state index is 13.2. The Hall–Kier alpha value is -4.32. The second kappa shape index (κ2) is 20.6. The third-order valence-electron chi connectivity index (χ3n) is 6.52. The van der Waals surface area contributed by atoms with Crippen LogP contribution in [0.15, 0.2) is 0 Å². The molecule has 5 atom stereocenters. The molecule has 0 aromatic carbocycles. The number of rotatable bonds is 21. The fraction of sp³-hybridized carbons (Fsp3) is 0.704. The molecule has 0 heterocycles. The molecule has 18 nitrogen and oxygen atoms in total. The Bertz CT molecular complexity index is 1070. The summed E-state index contributed by atoms with van der Waals surface area (Å²) in [5.74, 6) is -7.21. The van der Waals surface area contributed by atoms with Gasteiger partial charge in [-0.25, -0.2) is 0 Å². The van der Waals surface area contributed by atoms with Crippen LogP contribution in [0.25, 0.3) is 0 Å². The van der Waals surface area contributed by atoms with Crippen molar-refractivity contribution in [3.8, 4) is 0 Å². The van der Waals surface area contributed by atoms with Crippen LogP contribution in [0.2, 0.25) is 0 Å². The lowest BCUT2D eigenvalue weighted by atomic mass is 10.0. The van der Waals surface area contributed by atoms with Crippen molar-refractivity contribution in [1.29, 1.82) is 0 Å². The number of hydrogen-bond acceptors (Lipinski definition) is 10. The Balaban J connectivity index is 5.54. The molecule has 0 aromatic heterocycles. The molecule has 0 bridgehead atoms. The van der Waals surface area contributed by atoms with Gasteiger partial charge in [-0.1, -0.05) is 20.8 Å². The number of carbonyl (C=O) groups is 8. The van der Waals surface area contributed by atoms with E-state index in [0.29, 0.717) is 6.42 Å². The summed E-state index contributed by atoms with van der Waals surface area (Å²) in [6.45, 7) is 7.46. The number of primary amides is 1. The van der Waals surface area contributed by atoms with Gasteiger partial charge in [-0.2, -0.15) is 0 Å². The topological polar surface area (TPSA) is 292 Å². The highest BCUT2D eigenvalue weighted by molar-refractivity contribution is 5.98. The zero-order valence-corrected chi connectivity index (χ0v) is 26.4. The molecule has 0 spiro atoms. The predicted octanol–water partition coefficient (Wildman–Crippen LogP) is -3.96. The molecule has 256 valence electrons. The van der Waals surface area contributed by atoms with Crippen LogP contribution in [-0.2, 0) is 38.4 Å². The summed E-state index contributed by atoms with van der Waals surface area (Å²) in [6.07, 6.45) is -0.923. The number of likely N-dealkylation sites (N-methyl/N-ethyl adjacent to an activating group) is 1. The third kappa shape index (κ3) is 14.8. The van der Waals surface area contributed by atoms with Crippen LogP contribution in [0, 0.1) is 5.92 Å². The second-order valence-corrected chi connectivity index (χ2v) is 10.6. The molecule has 18 heteroatoms. The van der Waals surface area contributed by atoms with Gasteiger partial charge < -0.3 is 53.2 Å². The summed E-state index contributed by atoms with van der Waals surface area (Å²) in [5, 5.41) is 29.9. The van der Waals surface area contributed by atoms with E-state index in [9.17, 15) is 38.4 Å². The average Bonchev–Trinajstić information content (AvgIpc) is 2.95. The Labute approximate surface area is 261 Å². The summed E-state index contributed by atoms with van der Waals surface area (Å²) in [6, 6.07) is -6.48. The standard InChI is InChI=1S/C27H48N8O10/c1-6-18(35(7-2)27(45)16(28)11-21(39)40)25(43)33-17(12-19(29)37)24(42)32-15(5)23(41)34-22(14(3)4)26(44)31-13-20(38)30-9-8-10-36/h14-18,22,36H,6-13,28H2,1-5H3,(H2,29,37)(H,30,38)(H,31,44)(H,32,42)(H,33,43)(H,34,41)(H,39,40)/t15-,16-,17-,18-,22-/m0/s1. The zero-order chi connectivity index (χ0) is 34.9. The van der Waals surface area contributed by atoms with Crippen LogP contribution >= 0.6 is 0 Å². The minimum Gasteiger partial charge on any atom is -0.481 e. The molecule has 11 N–H and O–H groups in total. The number of nitrogens with one attached hydrogen (secondary N) is 5. The number of amides is 7. The molecule has 0 rings (SSSR count). The van der Waals surface area contributed by atoms with Gasteiger partial charge in [0.1, 0.15) is 24.2 Å². The predicted molar refractivity (Wildman–Crippen MR) is 160 cm³/mol. The number of aliphatic carboxylic acids is 1. The minimum atomic E-state index is -1.55. The number of carboxylic acid groups (broad SMARTS) is 1.